The summed E-state index contributed by atoms with van der Waals surface area (Å²) in [7, 11) is 0. The zero-order valence-corrected chi connectivity index (χ0v) is 10.9. The summed E-state index contributed by atoms with van der Waals surface area (Å²) in [5.74, 6) is 0.732. The van der Waals surface area contributed by atoms with Gasteiger partial charge in [0, 0.05) is 30.1 Å². The van der Waals surface area contributed by atoms with Crippen molar-refractivity contribution in [2.24, 2.45) is 0 Å². The van der Waals surface area contributed by atoms with Crippen LogP contribution >= 0.6 is 11.6 Å². The molecule has 1 atom stereocenters. The standard InChI is InChI=1S/C14H17ClN2O/c15-13-4-2-1-3-12(13)9-5-10(6-9)17-11-7-14(18)16-8-11/h1-4,9-11,17H,5-8H2,(H,16,18). The molecule has 0 aromatic heterocycles. The summed E-state index contributed by atoms with van der Waals surface area (Å²) in [6.45, 7) is 0.770. The van der Waals surface area contributed by atoms with Gasteiger partial charge in [-0.05, 0) is 30.4 Å². The molecule has 1 aliphatic carbocycles. The second-order valence-electron chi connectivity index (χ2n) is 5.26. The van der Waals surface area contributed by atoms with Gasteiger partial charge in [0.05, 0.1) is 0 Å². The van der Waals surface area contributed by atoms with Gasteiger partial charge in [-0.3, -0.25) is 4.79 Å². The molecule has 1 amide bonds. The maximum atomic E-state index is 11.1. The number of benzene rings is 1. The lowest BCUT2D eigenvalue weighted by Crippen LogP contribution is -2.46. The summed E-state index contributed by atoms with van der Waals surface area (Å²) >= 11 is 6.19. The highest BCUT2D eigenvalue weighted by Gasteiger charge is 2.34. The van der Waals surface area contributed by atoms with Crippen molar-refractivity contribution in [2.45, 2.75) is 37.3 Å². The van der Waals surface area contributed by atoms with Crippen LogP contribution in [0.5, 0.6) is 0 Å². The second-order valence-corrected chi connectivity index (χ2v) is 5.67. The highest BCUT2D eigenvalue weighted by Crippen LogP contribution is 2.40. The first-order chi connectivity index (χ1) is 8.72. The number of nitrogens with one attached hydrogen (secondary N) is 2. The van der Waals surface area contributed by atoms with Gasteiger partial charge in [-0.15, -0.1) is 0 Å². The first kappa shape index (κ1) is 12.0. The molecular weight excluding hydrogens is 248 g/mol. The van der Waals surface area contributed by atoms with Crippen molar-refractivity contribution < 1.29 is 4.79 Å². The van der Waals surface area contributed by atoms with Crippen LogP contribution in [-0.4, -0.2) is 24.5 Å². The maximum absolute atomic E-state index is 11.1. The molecule has 2 N–H and O–H groups in total. The molecule has 1 heterocycles. The van der Waals surface area contributed by atoms with Crippen LogP contribution in [0.15, 0.2) is 24.3 Å². The lowest BCUT2D eigenvalue weighted by atomic mass is 9.75. The molecule has 1 aromatic carbocycles. The molecule has 0 radical (unpaired) electrons. The van der Waals surface area contributed by atoms with E-state index in [1.807, 2.05) is 18.2 Å². The van der Waals surface area contributed by atoms with Gasteiger partial charge in [-0.2, -0.15) is 0 Å². The Hall–Kier alpha value is -1.06. The van der Waals surface area contributed by atoms with Crippen molar-refractivity contribution in [1.29, 1.82) is 0 Å². The Labute approximate surface area is 112 Å². The number of carbonyl (C=O) groups is 1. The fraction of sp³-hybridized carbons (Fsp3) is 0.500. The molecule has 1 aromatic rings. The Morgan fingerprint density at radius 1 is 1.22 bits per heavy atom. The SMILES string of the molecule is O=C1CC(NC2CC(c3ccccc3Cl)C2)CN1. The maximum Gasteiger partial charge on any atom is 0.221 e. The molecule has 2 aliphatic rings. The third kappa shape index (κ3) is 2.38. The van der Waals surface area contributed by atoms with Crippen LogP contribution in [0.2, 0.25) is 5.02 Å². The molecule has 1 aliphatic heterocycles. The van der Waals surface area contributed by atoms with E-state index in [4.69, 9.17) is 11.6 Å². The molecular formula is C14H17ClN2O. The van der Waals surface area contributed by atoms with Crippen LogP contribution < -0.4 is 10.6 Å². The normalized spacial score (nSPS) is 30.9. The third-order valence-corrected chi connectivity index (χ3v) is 4.28. The van der Waals surface area contributed by atoms with E-state index in [-0.39, 0.29) is 5.91 Å². The van der Waals surface area contributed by atoms with E-state index < -0.39 is 0 Å². The fourth-order valence-electron chi connectivity index (χ4n) is 2.87. The highest BCUT2D eigenvalue weighted by atomic mass is 35.5. The highest BCUT2D eigenvalue weighted by molar-refractivity contribution is 6.31. The van der Waals surface area contributed by atoms with Crippen molar-refractivity contribution in [3.63, 3.8) is 0 Å². The van der Waals surface area contributed by atoms with Gasteiger partial charge in [0.15, 0.2) is 0 Å². The smallest absolute Gasteiger partial charge is 0.221 e. The number of halogens is 1. The number of hydrogen-bond acceptors (Lipinski definition) is 2. The van der Waals surface area contributed by atoms with Crippen LogP contribution in [0.25, 0.3) is 0 Å². The van der Waals surface area contributed by atoms with Crippen LogP contribution in [0.4, 0.5) is 0 Å². The minimum absolute atomic E-state index is 0.162. The molecule has 96 valence electrons. The first-order valence-corrected chi connectivity index (χ1v) is 6.87. The molecule has 1 saturated carbocycles. The lowest BCUT2D eigenvalue weighted by molar-refractivity contribution is -0.119. The van der Waals surface area contributed by atoms with Crippen molar-refractivity contribution in [1.82, 2.24) is 10.6 Å². The topological polar surface area (TPSA) is 41.1 Å². The Kier molecular flexibility index (Phi) is 3.27. The summed E-state index contributed by atoms with van der Waals surface area (Å²) in [6.07, 6.45) is 2.86. The molecule has 4 heteroatoms. The minimum Gasteiger partial charge on any atom is -0.354 e. The average molecular weight is 265 g/mol. The van der Waals surface area contributed by atoms with Crippen molar-refractivity contribution in [2.75, 3.05) is 6.54 Å². The molecule has 2 fully saturated rings. The summed E-state index contributed by atoms with van der Waals surface area (Å²) in [5.41, 5.74) is 1.26. The van der Waals surface area contributed by atoms with Crippen LogP contribution in [0.3, 0.4) is 0 Å². The Bertz CT molecular complexity index is 457. The van der Waals surface area contributed by atoms with E-state index in [0.717, 1.165) is 24.4 Å². The van der Waals surface area contributed by atoms with E-state index in [1.54, 1.807) is 0 Å². The largest absolute Gasteiger partial charge is 0.354 e. The molecule has 1 saturated heterocycles. The number of amides is 1. The second kappa shape index (κ2) is 4.90. The van der Waals surface area contributed by atoms with E-state index in [2.05, 4.69) is 16.7 Å². The first-order valence-electron chi connectivity index (χ1n) is 6.49. The Morgan fingerprint density at radius 3 is 2.67 bits per heavy atom. The van der Waals surface area contributed by atoms with Crippen molar-refractivity contribution in [3.8, 4) is 0 Å². The summed E-state index contributed by atoms with van der Waals surface area (Å²) in [4.78, 5) is 11.1. The molecule has 1 unspecified atom stereocenters. The van der Waals surface area contributed by atoms with Crippen molar-refractivity contribution >= 4 is 17.5 Å². The number of carbonyl (C=O) groups excluding carboxylic acids is 1. The van der Waals surface area contributed by atoms with Crippen molar-refractivity contribution in [3.05, 3.63) is 34.9 Å². The van der Waals surface area contributed by atoms with Gasteiger partial charge in [-0.1, -0.05) is 29.8 Å². The van der Waals surface area contributed by atoms with Crippen LogP contribution in [0, 0.1) is 0 Å². The third-order valence-electron chi connectivity index (χ3n) is 3.93. The zero-order chi connectivity index (χ0) is 12.5. The molecule has 3 nitrogen and oxygen atoms in total. The van der Waals surface area contributed by atoms with E-state index in [1.165, 1.54) is 5.56 Å². The predicted molar refractivity (Wildman–Crippen MR) is 71.8 cm³/mol. The van der Waals surface area contributed by atoms with Gasteiger partial charge in [-0.25, -0.2) is 0 Å². The summed E-state index contributed by atoms with van der Waals surface area (Å²) in [6, 6.07) is 8.93. The predicted octanol–water partition coefficient (Wildman–Crippen LogP) is 2.06. The van der Waals surface area contributed by atoms with Gasteiger partial charge in [0.2, 0.25) is 5.91 Å². The van der Waals surface area contributed by atoms with Crippen LogP contribution in [0.1, 0.15) is 30.7 Å². The lowest BCUT2D eigenvalue weighted by Gasteiger charge is -2.38. The fourth-order valence-corrected chi connectivity index (χ4v) is 3.16. The van der Waals surface area contributed by atoms with Gasteiger partial charge < -0.3 is 10.6 Å². The van der Waals surface area contributed by atoms with Gasteiger partial charge in [0.1, 0.15) is 0 Å². The number of hydrogen-bond donors (Lipinski definition) is 2. The van der Waals surface area contributed by atoms with Gasteiger partial charge in [0.25, 0.3) is 0 Å². The van der Waals surface area contributed by atoms with Gasteiger partial charge >= 0.3 is 0 Å². The Balaban J connectivity index is 1.51. The monoisotopic (exact) mass is 264 g/mol. The molecule has 3 rings (SSSR count). The summed E-state index contributed by atoms with van der Waals surface area (Å²) in [5, 5.41) is 7.26. The Morgan fingerprint density at radius 2 is 2.00 bits per heavy atom. The average Bonchev–Trinajstić information content (AvgIpc) is 2.70. The van der Waals surface area contributed by atoms with Crippen LogP contribution in [-0.2, 0) is 4.79 Å². The van der Waals surface area contributed by atoms with E-state index >= 15 is 0 Å². The molecule has 0 bridgehead atoms. The molecule has 18 heavy (non-hydrogen) atoms. The minimum atomic E-state index is 0.162. The molecule has 0 spiro atoms. The van der Waals surface area contributed by atoms with E-state index in [9.17, 15) is 4.79 Å². The zero-order valence-electron chi connectivity index (χ0n) is 10.2. The number of rotatable bonds is 3. The quantitative estimate of drug-likeness (QED) is 0.878. The van der Waals surface area contributed by atoms with E-state index in [0.29, 0.717) is 24.4 Å². The summed E-state index contributed by atoms with van der Waals surface area (Å²) < 4.78 is 0.